The van der Waals surface area contributed by atoms with Gasteiger partial charge in [0.25, 0.3) is 0 Å². The number of alkyl halides is 1. The van der Waals surface area contributed by atoms with Crippen molar-refractivity contribution in [2.24, 2.45) is 5.92 Å². The van der Waals surface area contributed by atoms with Crippen LogP contribution in [0.1, 0.15) is 19.8 Å². The number of piperidine rings is 1. The quantitative estimate of drug-likeness (QED) is 0.568. The predicted octanol–water partition coefficient (Wildman–Crippen LogP) is 1.65. The summed E-state index contributed by atoms with van der Waals surface area (Å²) in [5, 5.41) is 3.38. The first kappa shape index (κ1) is 7.29. The number of fused-ring (bicyclic) bond motifs is 2. The summed E-state index contributed by atoms with van der Waals surface area (Å²) in [6.07, 6.45) is 1.15. The lowest BCUT2D eigenvalue weighted by atomic mass is 9.94. The van der Waals surface area contributed by atoms with Crippen molar-refractivity contribution in [3.8, 4) is 0 Å². The molecular weight excluding hydrogens is 141 g/mol. The van der Waals surface area contributed by atoms with Gasteiger partial charge >= 0.3 is 0 Å². The number of nitrogens with one attached hydrogen (secondary N) is 1. The second-order valence-corrected chi connectivity index (χ2v) is 3.84. The Labute approximate surface area is 66.7 Å². The van der Waals surface area contributed by atoms with Crippen LogP contribution in [0.2, 0.25) is 0 Å². The van der Waals surface area contributed by atoms with Crippen molar-refractivity contribution in [2.45, 2.75) is 38.0 Å². The first-order chi connectivity index (χ1) is 5.18. The lowest BCUT2D eigenvalue weighted by Gasteiger charge is -2.26. The monoisotopic (exact) mass is 155 g/mol. The summed E-state index contributed by atoms with van der Waals surface area (Å²) in [5.41, 5.74) is 1.08. The van der Waals surface area contributed by atoms with Crippen LogP contribution in [0.25, 0.3) is 0 Å². The third-order valence-corrected chi connectivity index (χ3v) is 2.91. The van der Waals surface area contributed by atoms with Crippen LogP contribution in [-0.4, -0.2) is 18.3 Å². The van der Waals surface area contributed by atoms with E-state index in [4.69, 9.17) is 0 Å². The van der Waals surface area contributed by atoms with Gasteiger partial charge in [0.2, 0.25) is 0 Å². The molecule has 0 amide bonds. The van der Waals surface area contributed by atoms with Crippen LogP contribution in [0.15, 0.2) is 12.2 Å². The Balaban J connectivity index is 2.12. The van der Waals surface area contributed by atoms with Gasteiger partial charge in [-0.05, 0) is 19.8 Å². The summed E-state index contributed by atoms with van der Waals surface area (Å²) in [6, 6.07) is 0.681. The Morgan fingerprint density at radius 1 is 1.55 bits per heavy atom. The Morgan fingerprint density at radius 3 is 2.64 bits per heavy atom. The highest BCUT2D eigenvalue weighted by Crippen LogP contribution is 2.39. The molecule has 0 aromatic carbocycles. The zero-order valence-electron chi connectivity index (χ0n) is 6.81. The fourth-order valence-electron chi connectivity index (χ4n) is 2.39. The van der Waals surface area contributed by atoms with E-state index in [0.717, 1.165) is 12.0 Å². The average Bonchev–Trinajstić information content (AvgIpc) is 2.43. The summed E-state index contributed by atoms with van der Waals surface area (Å²) in [7, 11) is 0. The molecule has 0 aromatic heterocycles. The van der Waals surface area contributed by atoms with E-state index in [9.17, 15) is 4.39 Å². The van der Waals surface area contributed by atoms with Gasteiger partial charge in [-0.15, -0.1) is 0 Å². The molecule has 1 aliphatic carbocycles. The second kappa shape index (κ2) is 2.31. The molecule has 4 atom stereocenters. The molecule has 1 saturated heterocycles. The molecule has 2 aliphatic rings. The summed E-state index contributed by atoms with van der Waals surface area (Å²) >= 11 is 0. The lowest BCUT2D eigenvalue weighted by molar-refractivity contribution is 0.214. The Morgan fingerprint density at radius 2 is 2.27 bits per heavy atom. The smallest absolute Gasteiger partial charge is 0.106 e. The minimum Gasteiger partial charge on any atom is -0.307 e. The minimum absolute atomic E-state index is 0.220. The summed E-state index contributed by atoms with van der Waals surface area (Å²) in [4.78, 5) is 0. The SMILES string of the molecule is C=C(C)[C@H]1N[C@H]2C[C@@H]1[C@@H](F)C2. The zero-order valence-corrected chi connectivity index (χ0v) is 6.81. The van der Waals surface area contributed by atoms with E-state index in [2.05, 4.69) is 11.9 Å². The third-order valence-electron chi connectivity index (χ3n) is 2.91. The van der Waals surface area contributed by atoms with Gasteiger partial charge in [0.15, 0.2) is 0 Å². The predicted molar refractivity (Wildman–Crippen MR) is 43.1 cm³/mol. The Hall–Kier alpha value is -0.370. The average molecular weight is 155 g/mol. The first-order valence-corrected chi connectivity index (χ1v) is 4.24. The summed E-state index contributed by atoms with van der Waals surface area (Å²) < 4.78 is 13.1. The number of hydrogen-bond acceptors (Lipinski definition) is 1. The van der Waals surface area contributed by atoms with Crippen LogP contribution in [0.4, 0.5) is 4.39 Å². The molecule has 11 heavy (non-hydrogen) atoms. The minimum atomic E-state index is -0.581. The molecular formula is C9H14FN. The zero-order chi connectivity index (χ0) is 8.01. The van der Waals surface area contributed by atoms with E-state index >= 15 is 0 Å². The van der Waals surface area contributed by atoms with E-state index in [1.165, 1.54) is 0 Å². The molecule has 1 N–H and O–H groups in total. The molecule has 0 radical (unpaired) electrons. The van der Waals surface area contributed by atoms with Crippen LogP contribution in [0, 0.1) is 5.92 Å². The third kappa shape index (κ3) is 1.00. The van der Waals surface area contributed by atoms with Crippen molar-refractivity contribution < 1.29 is 4.39 Å². The van der Waals surface area contributed by atoms with E-state index in [-0.39, 0.29) is 12.0 Å². The molecule has 1 nitrogen and oxygen atoms in total. The largest absolute Gasteiger partial charge is 0.307 e. The molecule has 62 valence electrons. The van der Waals surface area contributed by atoms with Crippen LogP contribution in [0.5, 0.6) is 0 Å². The standard InChI is InChI=1S/C9H14FN/c1-5(2)9-7-3-6(11-9)4-8(7)10/h6-9,11H,1,3-4H2,2H3/t6-,7+,8-,9+/m0/s1. The van der Waals surface area contributed by atoms with Crippen molar-refractivity contribution >= 4 is 0 Å². The van der Waals surface area contributed by atoms with E-state index in [1.807, 2.05) is 6.92 Å². The van der Waals surface area contributed by atoms with E-state index < -0.39 is 6.17 Å². The molecule has 2 bridgehead atoms. The van der Waals surface area contributed by atoms with E-state index in [0.29, 0.717) is 12.5 Å². The maximum absolute atomic E-state index is 13.1. The fraction of sp³-hybridized carbons (Fsp3) is 0.778. The van der Waals surface area contributed by atoms with Gasteiger partial charge < -0.3 is 5.32 Å². The van der Waals surface area contributed by atoms with Gasteiger partial charge in [-0.25, -0.2) is 4.39 Å². The van der Waals surface area contributed by atoms with Gasteiger partial charge in [-0.1, -0.05) is 12.2 Å². The molecule has 2 fully saturated rings. The molecule has 0 unspecified atom stereocenters. The van der Waals surface area contributed by atoms with Crippen LogP contribution in [0.3, 0.4) is 0 Å². The first-order valence-electron chi connectivity index (χ1n) is 4.24. The van der Waals surface area contributed by atoms with Gasteiger partial charge in [0.05, 0.1) is 0 Å². The van der Waals surface area contributed by atoms with Crippen molar-refractivity contribution in [3.63, 3.8) is 0 Å². The maximum atomic E-state index is 13.1. The molecule has 2 heteroatoms. The molecule has 0 spiro atoms. The maximum Gasteiger partial charge on any atom is 0.106 e. The molecule has 1 aliphatic heterocycles. The number of hydrogen-bond donors (Lipinski definition) is 1. The van der Waals surface area contributed by atoms with Crippen molar-refractivity contribution in [3.05, 3.63) is 12.2 Å². The van der Waals surface area contributed by atoms with Crippen molar-refractivity contribution in [1.29, 1.82) is 0 Å². The fourth-order valence-corrected chi connectivity index (χ4v) is 2.39. The van der Waals surface area contributed by atoms with E-state index in [1.54, 1.807) is 0 Å². The van der Waals surface area contributed by atoms with Crippen molar-refractivity contribution in [1.82, 2.24) is 5.32 Å². The van der Waals surface area contributed by atoms with Crippen LogP contribution in [-0.2, 0) is 0 Å². The Bertz CT molecular complexity index is 190. The van der Waals surface area contributed by atoms with Crippen LogP contribution >= 0.6 is 0 Å². The van der Waals surface area contributed by atoms with Gasteiger partial charge in [-0.2, -0.15) is 0 Å². The second-order valence-electron chi connectivity index (χ2n) is 3.84. The van der Waals surface area contributed by atoms with Crippen LogP contribution < -0.4 is 5.32 Å². The highest BCUT2D eigenvalue weighted by Gasteiger charge is 2.46. The lowest BCUT2D eigenvalue weighted by Crippen LogP contribution is -2.40. The highest BCUT2D eigenvalue weighted by atomic mass is 19.1. The number of rotatable bonds is 1. The molecule has 0 aromatic rings. The summed E-state index contributed by atoms with van der Waals surface area (Å²) in [5.74, 6) is 0.220. The van der Waals surface area contributed by atoms with Gasteiger partial charge in [-0.3, -0.25) is 0 Å². The van der Waals surface area contributed by atoms with Gasteiger partial charge in [0.1, 0.15) is 6.17 Å². The summed E-state index contributed by atoms with van der Waals surface area (Å²) in [6.45, 7) is 5.84. The number of halogens is 1. The molecule has 1 saturated carbocycles. The normalized spacial score (nSPS) is 48.2. The van der Waals surface area contributed by atoms with Gasteiger partial charge in [0, 0.05) is 18.0 Å². The molecule has 2 rings (SSSR count). The Kier molecular flexibility index (Phi) is 1.53. The highest BCUT2D eigenvalue weighted by molar-refractivity contribution is 5.14. The topological polar surface area (TPSA) is 12.0 Å². The van der Waals surface area contributed by atoms with Crippen molar-refractivity contribution in [2.75, 3.05) is 0 Å². The molecule has 1 heterocycles.